The van der Waals surface area contributed by atoms with Crippen LogP contribution in [0, 0.1) is 5.41 Å². The van der Waals surface area contributed by atoms with Crippen LogP contribution < -0.4 is 5.73 Å². The average Bonchev–Trinajstić information content (AvgIpc) is 2.09. The highest BCUT2D eigenvalue weighted by Crippen LogP contribution is 2.44. The van der Waals surface area contributed by atoms with Crippen LogP contribution in [0.25, 0.3) is 0 Å². The first-order chi connectivity index (χ1) is 4.90. The van der Waals surface area contributed by atoms with Crippen LogP contribution >= 0.6 is 0 Å². The predicted molar refractivity (Wildman–Crippen MR) is 42.2 cm³/mol. The largest absolute Gasteiger partial charge is 0.480 e. The fraction of sp³-hybridized carbons (Fsp3) is 0.875. The number of hydrogen-bond donors (Lipinski definition) is 2. The standard InChI is InChI=1S/C8H15NO2/c1-7(2)4-3-5-8(7,9)6(10)11/h3-5,9H2,1-2H3,(H,10,11). The molecule has 0 amide bonds. The van der Waals surface area contributed by atoms with Gasteiger partial charge >= 0.3 is 5.97 Å². The summed E-state index contributed by atoms with van der Waals surface area (Å²) in [5.41, 5.74) is 4.54. The Balaban J connectivity index is 2.93. The van der Waals surface area contributed by atoms with Crippen molar-refractivity contribution in [3.05, 3.63) is 0 Å². The predicted octanol–water partition coefficient (Wildman–Crippen LogP) is 0.979. The SMILES string of the molecule is CC1(C)CCCC1(N)C(=O)O. The van der Waals surface area contributed by atoms with Crippen LogP contribution in [-0.2, 0) is 4.79 Å². The van der Waals surface area contributed by atoms with E-state index in [0.29, 0.717) is 6.42 Å². The number of carboxylic acid groups (broad SMARTS) is 1. The van der Waals surface area contributed by atoms with E-state index in [-0.39, 0.29) is 5.41 Å². The van der Waals surface area contributed by atoms with Crippen molar-refractivity contribution in [2.45, 2.75) is 38.6 Å². The Bertz CT molecular complexity index is 189. The van der Waals surface area contributed by atoms with Crippen LogP contribution in [0.3, 0.4) is 0 Å². The van der Waals surface area contributed by atoms with Gasteiger partial charge in [-0.15, -0.1) is 0 Å². The summed E-state index contributed by atoms with van der Waals surface area (Å²) in [6.07, 6.45) is 2.45. The van der Waals surface area contributed by atoms with E-state index in [9.17, 15) is 4.79 Å². The second-order valence-corrected chi connectivity index (χ2v) is 4.01. The molecule has 1 atom stereocenters. The van der Waals surface area contributed by atoms with E-state index in [1.165, 1.54) is 0 Å². The highest BCUT2D eigenvalue weighted by molar-refractivity contribution is 5.80. The molecule has 11 heavy (non-hydrogen) atoms. The molecule has 0 saturated heterocycles. The van der Waals surface area contributed by atoms with Gasteiger partial charge in [-0.05, 0) is 18.3 Å². The van der Waals surface area contributed by atoms with E-state index in [2.05, 4.69) is 0 Å². The Hall–Kier alpha value is -0.570. The summed E-state index contributed by atoms with van der Waals surface area (Å²) in [4.78, 5) is 10.8. The van der Waals surface area contributed by atoms with Gasteiger partial charge in [0.1, 0.15) is 5.54 Å². The molecule has 1 aliphatic carbocycles. The summed E-state index contributed by atoms with van der Waals surface area (Å²) in [6, 6.07) is 0. The molecule has 0 heterocycles. The van der Waals surface area contributed by atoms with Crippen molar-refractivity contribution in [1.82, 2.24) is 0 Å². The Morgan fingerprint density at radius 2 is 2.00 bits per heavy atom. The molecule has 64 valence electrons. The third-order valence-electron chi connectivity index (χ3n) is 2.96. The van der Waals surface area contributed by atoms with Gasteiger partial charge in [0.25, 0.3) is 0 Å². The second-order valence-electron chi connectivity index (χ2n) is 4.01. The van der Waals surface area contributed by atoms with Crippen LogP contribution in [0.15, 0.2) is 0 Å². The Morgan fingerprint density at radius 3 is 2.18 bits per heavy atom. The monoisotopic (exact) mass is 157 g/mol. The number of aliphatic carboxylic acids is 1. The number of hydrogen-bond acceptors (Lipinski definition) is 2. The van der Waals surface area contributed by atoms with Gasteiger partial charge in [0.2, 0.25) is 0 Å². The van der Waals surface area contributed by atoms with Gasteiger partial charge in [-0.25, -0.2) is 0 Å². The molecule has 0 radical (unpaired) electrons. The van der Waals surface area contributed by atoms with E-state index in [0.717, 1.165) is 12.8 Å². The van der Waals surface area contributed by atoms with E-state index >= 15 is 0 Å². The number of carboxylic acids is 1. The van der Waals surface area contributed by atoms with Crippen LogP contribution in [0.2, 0.25) is 0 Å². The van der Waals surface area contributed by atoms with E-state index in [1.807, 2.05) is 13.8 Å². The van der Waals surface area contributed by atoms with Crippen molar-refractivity contribution in [1.29, 1.82) is 0 Å². The average molecular weight is 157 g/mol. The molecule has 0 aromatic carbocycles. The fourth-order valence-electron chi connectivity index (χ4n) is 1.77. The third kappa shape index (κ3) is 1.03. The maximum atomic E-state index is 10.8. The molecule has 0 aliphatic heterocycles. The molecule has 1 saturated carbocycles. The van der Waals surface area contributed by atoms with Gasteiger partial charge in [-0.2, -0.15) is 0 Å². The van der Waals surface area contributed by atoms with Gasteiger partial charge in [0.05, 0.1) is 0 Å². The normalized spacial score (nSPS) is 35.5. The lowest BCUT2D eigenvalue weighted by Gasteiger charge is -2.33. The maximum absolute atomic E-state index is 10.8. The van der Waals surface area contributed by atoms with Gasteiger partial charge in [-0.1, -0.05) is 20.3 Å². The van der Waals surface area contributed by atoms with Crippen LogP contribution in [0.5, 0.6) is 0 Å². The Kier molecular flexibility index (Phi) is 1.71. The molecule has 1 rings (SSSR count). The number of nitrogens with two attached hydrogens (primary N) is 1. The Morgan fingerprint density at radius 1 is 1.45 bits per heavy atom. The molecule has 1 unspecified atom stereocenters. The van der Waals surface area contributed by atoms with Crippen molar-refractivity contribution < 1.29 is 9.90 Å². The zero-order chi connectivity index (χ0) is 8.70. The first-order valence-corrected chi connectivity index (χ1v) is 3.92. The van der Waals surface area contributed by atoms with E-state index in [4.69, 9.17) is 10.8 Å². The molecule has 0 aromatic heterocycles. The summed E-state index contributed by atoms with van der Waals surface area (Å²) in [5, 5.41) is 8.88. The molecular weight excluding hydrogens is 142 g/mol. The molecule has 3 N–H and O–H groups in total. The molecule has 1 fully saturated rings. The van der Waals surface area contributed by atoms with Gasteiger partial charge in [0, 0.05) is 0 Å². The summed E-state index contributed by atoms with van der Waals surface area (Å²) >= 11 is 0. The van der Waals surface area contributed by atoms with Gasteiger partial charge in [-0.3, -0.25) is 4.79 Å². The summed E-state index contributed by atoms with van der Waals surface area (Å²) in [5.74, 6) is -0.861. The van der Waals surface area contributed by atoms with Crippen LogP contribution in [0.4, 0.5) is 0 Å². The summed E-state index contributed by atoms with van der Waals surface area (Å²) in [6.45, 7) is 3.85. The van der Waals surface area contributed by atoms with Crippen molar-refractivity contribution in [3.63, 3.8) is 0 Å². The minimum absolute atomic E-state index is 0.251. The molecule has 3 heteroatoms. The highest BCUT2D eigenvalue weighted by atomic mass is 16.4. The second kappa shape index (κ2) is 2.21. The van der Waals surface area contributed by atoms with E-state index in [1.54, 1.807) is 0 Å². The quantitative estimate of drug-likeness (QED) is 0.596. The van der Waals surface area contributed by atoms with Crippen molar-refractivity contribution in [2.75, 3.05) is 0 Å². The van der Waals surface area contributed by atoms with Crippen molar-refractivity contribution in [3.8, 4) is 0 Å². The first-order valence-electron chi connectivity index (χ1n) is 3.92. The van der Waals surface area contributed by atoms with Crippen LogP contribution in [-0.4, -0.2) is 16.6 Å². The lowest BCUT2D eigenvalue weighted by molar-refractivity contribution is -0.146. The minimum atomic E-state index is -0.993. The minimum Gasteiger partial charge on any atom is -0.480 e. The maximum Gasteiger partial charge on any atom is 0.324 e. The fourth-order valence-corrected chi connectivity index (χ4v) is 1.77. The molecule has 3 nitrogen and oxygen atoms in total. The summed E-state index contributed by atoms with van der Waals surface area (Å²) < 4.78 is 0. The van der Waals surface area contributed by atoms with Crippen molar-refractivity contribution >= 4 is 5.97 Å². The number of rotatable bonds is 1. The van der Waals surface area contributed by atoms with Crippen LogP contribution in [0.1, 0.15) is 33.1 Å². The number of carbonyl (C=O) groups is 1. The van der Waals surface area contributed by atoms with E-state index < -0.39 is 11.5 Å². The highest BCUT2D eigenvalue weighted by Gasteiger charge is 2.51. The summed E-state index contributed by atoms with van der Waals surface area (Å²) in [7, 11) is 0. The first kappa shape index (κ1) is 8.53. The Labute approximate surface area is 66.6 Å². The molecule has 0 aromatic rings. The zero-order valence-corrected chi connectivity index (χ0v) is 7.05. The third-order valence-corrected chi connectivity index (χ3v) is 2.96. The zero-order valence-electron chi connectivity index (χ0n) is 7.05. The lowest BCUT2D eigenvalue weighted by Crippen LogP contribution is -2.55. The molecule has 0 bridgehead atoms. The molecule has 0 spiro atoms. The van der Waals surface area contributed by atoms with Gasteiger partial charge < -0.3 is 10.8 Å². The smallest absolute Gasteiger partial charge is 0.324 e. The molecular formula is C8H15NO2. The topological polar surface area (TPSA) is 63.3 Å². The molecule has 1 aliphatic rings. The lowest BCUT2D eigenvalue weighted by atomic mass is 9.76. The van der Waals surface area contributed by atoms with Crippen molar-refractivity contribution in [2.24, 2.45) is 11.1 Å². The van der Waals surface area contributed by atoms with Gasteiger partial charge in [0.15, 0.2) is 0 Å².